The number of rotatable bonds is 4. The van der Waals surface area contributed by atoms with Crippen molar-refractivity contribution in [3.63, 3.8) is 0 Å². The van der Waals surface area contributed by atoms with E-state index in [9.17, 15) is 18.0 Å². The van der Waals surface area contributed by atoms with Crippen molar-refractivity contribution in [3.8, 4) is 0 Å². The van der Waals surface area contributed by atoms with E-state index in [0.717, 1.165) is 4.90 Å². The second kappa shape index (κ2) is 4.94. The average molecular weight is 302 g/mol. The fourth-order valence-corrected chi connectivity index (χ4v) is 2.55. The second-order valence-corrected chi connectivity index (χ2v) is 7.43. The Labute approximate surface area is 115 Å². The van der Waals surface area contributed by atoms with E-state index in [0.29, 0.717) is 11.1 Å². The third-order valence-electron chi connectivity index (χ3n) is 3.12. The molecule has 102 valence electrons. The van der Waals surface area contributed by atoms with Gasteiger partial charge in [0.05, 0.1) is 16.4 Å². The number of carbonyl (C=O) groups is 2. The van der Waals surface area contributed by atoms with Crippen LogP contribution in [0.5, 0.6) is 0 Å². The molecule has 2 rings (SSSR count). The number of nitrogens with zero attached hydrogens (tertiary/aromatic N) is 1. The maximum absolute atomic E-state index is 12.0. The van der Waals surface area contributed by atoms with Gasteiger partial charge in [0, 0.05) is 17.2 Å². The van der Waals surface area contributed by atoms with Crippen LogP contribution in [0.25, 0.3) is 0 Å². The Morgan fingerprint density at radius 3 is 2.05 bits per heavy atom. The van der Waals surface area contributed by atoms with E-state index in [1.165, 1.54) is 6.92 Å². The van der Waals surface area contributed by atoms with Gasteiger partial charge in [0.1, 0.15) is 0 Å². The van der Waals surface area contributed by atoms with E-state index in [4.69, 9.17) is 10.7 Å². The van der Waals surface area contributed by atoms with Gasteiger partial charge in [-0.15, -0.1) is 0 Å². The van der Waals surface area contributed by atoms with Gasteiger partial charge in [0.15, 0.2) is 0 Å². The van der Waals surface area contributed by atoms with Gasteiger partial charge >= 0.3 is 0 Å². The van der Waals surface area contributed by atoms with Crippen LogP contribution in [0.4, 0.5) is 0 Å². The number of carbonyl (C=O) groups excluding carboxylic acids is 2. The normalized spacial score (nSPS) is 16.6. The molecule has 0 aromatic heterocycles. The zero-order valence-corrected chi connectivity index (χ0v) is 11.7. The van der Waals surface area contributed by atoms with Gasteiger partial charge in [-0.05, 0) is 25.5 Å². The monoisotopic (exact) mass is 301 g/mol. The Hall–Kier alpha value is -1.40. The molecule has 1 unspecified atom stereocenters. The summed E-state index contributed by atoms with van der Waals surface area (Å²) in [6.45, 7) is 1.49. The predicted octanol–water partition coefficient (Wildman–Crippen LogP) is 1.63. The maximum Gasteiger partial charge on any atom is 0.261 e. The van der Waals surface area contributed by atoms with Crippen molar-refractivity contribution in [1.29, 1.82) is 0 Å². The number of imide groups is 1. The Kier molecular flexibility index (Phi) is 3.64. The summed E-state index contributed by atoms with van der Waals surface area (Å²) < 4.78 is 22.2. The first-order chi connectivity index (χ1) is 8.82. The highest BCUT2D eigenvalue weighted by atomic mass is 35.7. The molecule has 0 aliphatic carbocycles. The van der Waals surface area contributed by atoms with Gasteiger partial charge in [0.25, 0.3) is 11.8 Å². The smallest absolute Gasteiger partial charge is 0.261 e. The lowest BCUT2D eigenvalue weighted by atomic mass is 10.1. The SMILES string of the molecule is CC(CCN1C(=O)c2ccccc2C1=O)S(=O)(=O)Cl. The highest BCUT2D eigenvalue weighted by Crippen LogP contribution is 2.23. The van der Waals surface area contributed by atoms with Crippen molar-refractivity contribution in [2.75, 3.05) is 6.54 Å². The number of benzene rings is 1. The van der Waals surface area contributed by atoms with Crippen LogP contribution in [0, 0.1) is 0 Å². The summed E-state index contributed by atoms with van der Waals surface area (Å²) in [5, 5.41) is -0.807. The molecular formula is C12H12ClNO4S. The van der Waals surface area contributed by atoms with Gasteiger partial charge in [-0.1, -0.05) is 12.1 Å². The number of amides is 2. The first-order valence-corrected chi connectivity index (χ1v) is 8.08. The third kappa shape index (κ3) is 2.64. The molecule has 19 heavy (non-hydrogen) atoms. The Morgan fingerprint density at radius 2 is 1.63 bits per heavy atom. The van der Waals surface area contributed by atoms with Gasteiger partial charge in [-0.2, -0.15) is 0 Å². The molecule has 5 nitrogen and oxygen atoms in total. The first kappa shape index (κ1) is 14.0. The third-order valence-corrected chi connectivity index (χ3v) is 5.23. The molecule has 1 aliphatic heterocycles. The van der Waals surface area contributed by atoms with Crippen LogP contribution < -0.4 is 0 Å². The van der Waals surface area contributed by atoms with Gasteiger partial charge < -0.3 is 0 Å². The number of halogens is 1. The van der Waals surface area contributed by atoms with Gasteiger partial charge in [-0.3, -0.25) is 14.5 Å². The van der Waals surface area contributed by atoms with E-state index < -0.39 is 14.3 Å². The molecule has 0 N–H and O–H groups in total. The average Bonchev–Trinajstić information content (AvgIpc) is 2.59. The van der Waals surface area contributed by atoms with Crippen molar-refractivity contribution in [2.45, 2.75) is 18.6 Å². The Balaban J connectivity index is 2.13. The Morgan fingerprint density at radius 1 is 1.16 bits per heavy atom. The van der Waals surface area contributed by atoms with E-state index in [-0.39, 0.29) is 24.8 Å². The van der Waals surface area contributed by atoms with E-state index in [1.54, 1.807) is 24.3 Å². The van der Waals surface area contributed by atoms with Crippen LogP contribution >= 0.6 is 10.7 Å². The number of fused-ring (bicyclic) bond motifs is 1. The van der Waals surface area contributed by atoms with Crippen LogP contribution in [-0.4, -0.2) is 36.9 Å². The summed E-state index contributed by atoms with van der Waals surface area (Å²) in [5.41, 5.74) is 0.711. The minimum absolute atomic E-state index is 0.0411. The molecule has 0 radical (unpaired) electrons. The fourth-order valence-electron chi connectivity index (χ4n) is 1.89. The summed E-state index contributed by atoms with van der Waals surface area (Å²) in [5.74, 6) is -0.778. The second-order valence-electron chi connectivity index (χ2n) is 4.38. The molecule has 0 bridgehead atoms. The molecular weight excluding hydrogens is 290 g/mol. The van der Waals surface area contributed by atoms with E-state index in [2.05, 4.69) is 0 Å². The standard InChI is InChI=1S/C12H12ClNO4S/c1-8(19(13,17)18)6-7-14-11(15)9-4-2-3-5-10(9)12(14)16/h2-5,8H,6-7H2,1H3. The molecule has 7 heteroatoms. The summed E-state index contributed by atoms with van der Waals surface area (Å²) in [4.78, 5) is 25.0. The molecule has 0 spiro atoms. The highest BCUT2D eigenvalue weighted by molar-refractivity contribution is 8.14. The minimum Gasteiger partial charge on any atom is -0.274 e. The zero-order valence-electron chi connectivity index (χ0n) is 10.2. The minimum atomic E-state index is -3.67. The summed E-state index contributed by atoms with van der Waals surface area (Å²) in [7, 11) is 1.54. The quantitative estimate of drug-likeness (QED) is 0.626. The molecule has 2 amide bonds. The van der Waals surface area contributed by atoms with Crippen LogP contribution in [0.15, 0.2) is 24.3 Å². The van der Waals surface area contributed by atoms with E-state index >= 15 is 0 Å². The van der Waals surface area contributed by atoms with Crippen LogP contribution in [0.1, 0.15) is 34.1 Å². The van der Waals surface area contributed by atoms with Crippen molar-refractivity contribution in [2.24, 2.45) is 0 Å². The number of hydrogen-bond donors (Lipinski definition) is 0. The van der Waals surface area contributed by atoms with Crippen LogP contribution in [-0.2, 0) is 9.05 Å². The Bertz CT molecular complexity index is 606. The molecule has 0 saturated heterocycles. The molecule has 0 fully saturated rings. The van der Waals surface area contributed by atoms with Crippen molar-refractivity contribution in [1.82, 2.24) is 4.90 Å². The topological polar surface area (TPSA) is 71.5 Å². The molecule has 1 atom stereocenters. The molecule has 1 aliphatic rings. The van der Waals surface area contributed by atoms with Gasteiger partial charge in [0.2, 0.25) is 9.05 Å². The van der Waals surface area contributed by atoms with Crippen molar-refractivity contribution in [3.05, 3.63) is 35.4 Å². The molecule has 1 aromatic carbocycles. The largest absolute Gasteiger partial charge is 0.274 e. The lowest BCUT2D eigenvalue weighted by molar-refractivity contribution is 0.0652. The van der Waals surface area contributed by atoms with Crippen molar-refractivity contribution < 1.29 is 18.0 Å². The maximum atomic E-state index is 12.0. The van der Waals surface area contributed by atoms with Crippen LogP contribution in [0.3, 0.4) is 0 Å². The lowest BCUT2D eigenvalue weighted by Crippen LogP contribution is -2.33. The van der Waals surface area contributed by atoms with E-state index in [1.807, 2.05) is 0 Å². The predicted molar refractivity (Wildman–Crippen MR) is 70.7 cm³/mol. The zero-order chi connectivity index (χ0) is 14.2. The van der Waals surface area contributed by atoms with Crippen LogP contribution in [0.2, 0.25) is 0 Å². The first-order valence-electron chi connectivity index (χ1n) is 5.71. The lowest BCUT2D eigenvalue weighted by Gasteiger charge is -2.15. The van der Waals surface area contributed by atoms with Gasteiger partial charge in [-0.25, -0.2) is 8.42 Å². The fraction of sp³-hybridized carbons (Fsp3) is 0.333. The molecule has 1 aromatic rings. The summed E-state index contributed by atoms with van der Waals surface area (Å²) in [6.07, 6.45) is 0.122. The molecule has 1 heterocycles. The molecule has 0 saturated carbocycles. The summed E-state index contributed by atoms with van der Waals surface area (Å²) in [6, 6.07) is 6.52. The van der Waals surface area contributed by atoms with Crippen molar-refractivity contribution >= 4 is 31.5 Å². The highest BCUT2D eigenvalue weighted by Gasteiger charge is 2.35. The number of hydrogen-bond acceptors (Lipinski definition) is 4. The summed E-state index contributed by atoms with van der Waals surface area (Å²) >= 11 is 0.